The van der Waals surface area contributed by atoms with Gasteiger partial charge in [0.2, 0.25) is 5.82 Å². The second-order valence-corrected chi connectivity index (χ2v) is 12.6. The Bertz CT molecular complexity index is 1730. The summed E-state index contributed by atoms with van der Waals surface area (Å²) >= 11 is 0. The molecule has 13 heteroatoms. The summed E-state index contributed by atoms with van der Waals surface area (Å²) in [5.41, 5.74) is 2.96. The van der Waals surface area contributed by atoms with Crippen LogP contribution in [-0.4, -0.2) is 74.9 Å². The normalized spacial score (nSPS) is 20.2. The van der Waals surface area contributed by atoms with Crippen LogP contribution in [-0.2, 0) is 14.9 Å². The second kappa shape index (κ2) is 13.0. The number of amides is 2. The number of rotatable bonds is 7. The molecule has 1 aliphatic heterocycles. The number of carbonyl (C=O) groups is 2. The topological polar surface area (TPSA) is 145 Å². The van der Waals surface area contributed by atoms with E-state index in [4.69, 9.17) is 14.2 Å². The van der Waals surface area contributed by atoms with Crippen molar-refractivity contribution in [3.05, 3.63) is 77.1 Å². The molecule has 46 heavy (non-hydrogen) atoms. The summed E-state index contributed by atoms with van der Waals surface area (Å²) in [5.74, 6) is 1.01. The largest absolute Gasteiger partial charge is 0.484 e. The lowest BCUT2D eigenvalue weighted by Gasteiger charge is -2.32. The average molecular weight is 629 g/mol. The summed E-state index contributed by atoms with van der Waals surface area (Å²) in [6, 6.07) is 12.8. The summed E-state index contributed by atoms with van der Waals surface area (Å²) < 4.78 is 19.4. The first-order valence-electron chi connectivity index (χ1n) is 15.6. The first-order valence-corrected chi connectivity index (χ1v) is 15.6. The zero-order chi connectivity index (χ0) is 32.4. The third kappa shape index (κ3) is 6.65. The van der Waals surface area contributed by atoms with Gasteiger partial charge in [0, 0.05) is 18.0 Å². The lowest BCUT2D eigenvalue weighted by molar-refractivity contribution is 0.00144. The summed E-state index contributed by atoms with van der Waals surface area (Å²) in [4.78, 5) is 36.5. The number of pyridine rings is 1. The van der Waals surface area contributed by atoms with E-state index in [9.17, 15) is 9.59 Å². The minimum absolute atomic E-state index is 0.00605. The Hall–Kier alpha value is -4.62. The van der Waals surface area contributed by atoms with Crippen LogP contribution in [0.3, 0.4) is 0 Å². The van der Waals surface area contributed by atoms with Crippen LogP contribution in [0.4, 0.5) is 10.6 Å². The van der Waals surface area contributed by atoms with Gasteiger partial charge in [-0.25, -0.2) is 19.6 Å². The molecule has 6 rings (SSSR count). The van der Waals surface area contributed by atoms with E-state index in [1.54, 1.807) is 13.0 Å². The van der Waals surface area contributed by atoms with Crippen molar-refractivity contribution < 1.29 is 23.8 Å². The molecule has 3 aromatic heterocycles. The second-order valence-electron chi connectivity index (χ2n) is 12.6. The Balaban J connectivity index is 1.18. The SMILES string of the molecule is CCOC(=O)c1nc(NC(=O)N[C@H]2CC[C@@H](Oc3ccc4nnc(C5COCCN5C)n4c3)c3ccccc32)cc(C(C)(C)C)n1. The fourth-order valence-electron chi connectivity index (χ4n) is 5.82. The number of fused-ring (bicyclic) bond motifs is 2. The number of carbonyl (C=O) groups excluding carboxylic acids is 2. The van der Waals surface area contributed by atoms with E-state index in [1.807, 2.05) is 67.8 Å². The molecule has 242 valence electrons. The monoisotopic (exact) mass is 628 g/mol. The number of hydrogen-bond acceptors (Lipinski definition) is 10. The molecule has 2 amide bonds. The highest BCUT2D eigenvalue weighted by Crippen LogP contribution is 2.39. The Morgan fingerprint density at radius 1 is 1.07 bits per heavy atom. The molecule has 0 saturated carbocycles. The number of nitrogens with zero attached hydrogens (tertiary/aromatic N) is 6. The number of aromatic nitrogens is 5. The predicted molar refractivity (Wildman–Crippen MR) is 170 cm³/mol. The maximum Gasteiger partial charge on any atom is 0.376 e. The summed E-state index contributed by atoms with van der Waals surface area (Å²) in [7, 11) is 2.07. The van der Waals surface area contributed by atoms with Crippen LogP contribution in [0.1, 0.15) is 92.0 Å². The fraction of sp³-hybridized carbons (Fsp3) is 0.455. The molecule has 4 heterocycles. The van der Waals surface area contributed by atoms with Gasteiger partial charge in [0.05, 0.1) is 43.8 Å². The van der Waals surface area contributed by atoms with Gasteiger partial charge in [0.15, 0.2) is 11.5 Å². The predicted octanol–water partition coefficient (Wildman–Crippen LogP) is 4.77. The summed E-state index contributed by atoms with van der Waals surface area (Å²) in [5, 5.41) is 14.7. The molecule has 0 bridgehead atoms. The van der Waals surface area contributed by atoms with Gasteiger partial charge >= 0.3 is 12.0 Å². The Morgan fingerprint density at radius 2 is 1.87 bits per heavy atom. The minimum atomic E-state index is -0.640. The van der Waals surface area contributed by atoms with Gasteiger partial charge in [-0.05, 0) is 50.1 Å². The zero-order valence-electron chi connectivity index (χ0n) is 26.8. The molecule has 2 N–H and O–H groups in total. The standard InChI is InChI=1S/C33H40N8O5/c1-6-45-31(42)29-35-26(33(2,3)4)17-27(36-29)37-32(43)34-23-12-13-25(22-10-8-7-9-21(22)23)46-20-11-14-28-38-39-30(41(28)18-20)24-19-44-16-15-40(24)5/h7-11,14,17-18,23-25H,6,12-13,15-16,19H2,1-5H3,(H2,34,35,36,37,43)/t23-,24?,25+/m0/s1. The van der Waals surface area contributed by atoms with Gasteiger partial charge < -0.3 is 19.5 Å². The highest BCUT2D eigenvalue weighted by Gasteiger charge is 2.31. The highest BCUT2D eigenvalue weighted by atomic mass is 16.5. The van der Waals surface area contributed by atoms with E-state index in [0.29, 0.717) is 37.5 Å². The van der Waals surface area contributed by atoms with Crippen molar-refractivity contribution in [2.24, 2.45) is 0 Å². The van der Waals surface area contributed by atoms with Crippen molar-refractivity contribution in [3.63, 3.8) is 0 Å². The van der Waals surface area contributed by atoms with Gasteiger partial charge in [0.25, 0.3) is 0 Å². The molecule has 0 radical (unpaired) electrons. The van der Waals surface area contributed by atoms with E-state index < -0.39 is 12.0 Å². The lowest BCUT2D eigenvalue weighted by Crippen LogP contribution is -2.37. The maximum absolute atomic E-state index is 13.3. The van der Waals surface area contributed by atoms with Crippen molar-refractivity contribution in [1.82, 2.24) is 34.8 Å². The molecule has 1 aromatic carbocycles. The van der Waals surface area contributed by atoms with Crippen molar-refractivity contribution in [3.8, 4) is 5.75 Å². The molecular weight excluding hydrogens is 588 g/mol. The van der Waals surface area contributed by atoms with Gasteiger partial charge in [-0.2, -0.15) is 0 Å². The van der Waals surface area contributed by atoms with Crippen LogP contribution < -0.4 is 15.4 Å². The average Bonchev–Trinajstić information content (AvgIpc) is 3.45. The number of morpholine rings is 1. The van der Waals surface area contributed by atoms with Gasteiger partial charge in [-0.3, -0.25) is 14.6 Å². The summed E-state index contributed by atoms with van der Waals surface area (Å²) in [6.45, 7) is 9.91. The third-order valence-corrected chi connectivity index (χ3v) is 8.31. The number of benzene rings is 1. The van der Waals surface area contributed by atoms with Crippen LogP contribution in [0.2, 0.25) is 0 Å². The molecule has 13 nitrogen and oxygen atoms in total. The number of anilines is 1. The smallest absolute Gasteiger partial charge is 0.376 e. The van der Waals surface area contributed by atoms with Gasteiger partial charge in [-0.1, -0.05) is 45.0 Å². The molecular formula is C33H40N8O5. The van der Waals surface area contributed by atoms with Crippen LogP contribution in [0.15, 0.2) is 48.7 Å². The molecule has 0 spiro atoms. The van der Waals surface area contributed by atoms with E-state index >= 15 is 0 Å². The quantitative estimate of drug-likeness (QED) is 0.275. The Labute approximate surface area is 267 Å². The number of likely N-dealkylation sites (N-methyl/N-ethyl adjacent to an activating group) is 1. The highest BCUT2D eigenvalue weighted by molar-refractivity contribution is 5.90. The zero-order valence-corrected chi connectivity index (χ0v) is 26.8. The molecule has 3 atom stereocenters. The fourth-order valence-corrected chi connectivity index (χ4v) is 5.82. The first kappa shape index (κ1) is 31.4. The molecule has 1 unspecified atom stereocenters. The van der Waals surface area contributed by atoms with Crippen LogP contribution in [0, 0.1) is 0 Å². The Kier molecular flexibility index (Phi) is 8.87. The van der Waals surface area contributed by atoms with E-state index in [1.165, 1.54) is 0 Å². The minimum Gasteiger partial charge on any atom is -0.484 e. The van der Waals surface area contributed by atoms with Crippen LogP contribution in [0.25, 0.3) is 5.65 Å². The summed E-state index contributed by atoms with van der Waals surface area (Å²) in [6.07, 6.45) is 3.07. The van der Waals surface area contributed by atoms with Crippen LogP contribution in [0.5, 0.6) is 5.75 Å². The Morgan fingerprint density at radius 3 is 2.63 bits per heavy atom. The van der Waals surface area contributed by atoms with Crippen molar-refractivity contribution in [1.29, 1.82) is 0 Å². The molecule has 1 aliphatic carbocycles. The van der Waals surface area contributed by atoms with E-state index in [0.717, 1.165) is 29.1 Å². The van der Waals surface area contributed by atoms with Crippen molar-refractivity contribution >= 4 is 23.5 Å². The molecule has 4 aromatic rings. The first-order chi connectivity index (χ1) is 22.1. The van der Waals surface area contributed by atoms with Gasteiger partial charge in [0.1, 0.15) is 17.7 Å². The number of nitrogens with one attached hydrogen (secondary N) is 2. The molecule has 1 fully saturated rings. The molecule has 2 aliphatic rings. The van der Waals surface area contributed by atoms with E-state index in [-0.39, 0.29) is 41.9 Å². The number of ether oxygens (including phenoxy) is 3. The van der Waals surface area contributed by atoms with Gasteiger partial charge in [-0.15, -0.1) is 10.2 Å². The lowest BCUT2D eigenvalue weighted by atomic mass is 9.85. The molecule has 1 saturated heterocycles. The van der Waals surface area contributed by atoms with Crippen molar-refractivity contribution in [2.75, 3.05) is 38.7 Å². The number of esters is 1. The van der Waals surface area contributed by atoms with E-state index in [2.05, 4.69) is 42.7 Å². The van der Waals surface area contributed by atoms with Crippen molar-refractivity contribution in [2.45, 2.75) is 64.1 Å². The number of hydrogen-bond donors (Lipinski definition) is 2. The van der Waals surface area contributed by atoms with Crippen LogP contribution >= 0.6 is 0 Å². The number of urea groups is 1. The maximum atomic E-state index is 13.3. The third-order valence-electron chi connectivity index (χ3n) is 8.31.